The molecule has 1 aliphatic heterocycles. The fraction of sp³-hybridized carbons (Fsp3) is 0.722. The Kier molecular flexibility index (Phi) is 9.53. The molecule has 11 heteroatoms. The molecule has 5 atom stereocenters. The van der Waals surface area contributed by atoms with E-state index in [0.29, 0.717) is 0 Å². The summed E-state index contributed by atoms with van der Waals surface area (Å²) in [5.41, 5.74) is 0. The first-order chi connectivity index (χ1) is 13.5. The molecule has 0 radical (unpaired) electrons. The van der Waals surface area contributed by atoms with Gasteiger partial charge in [-0.1, -0.05) is 0 Å². The number of rotatable bonds is 8. The largest absolute Gasteiger partial charge is 0.469 e. The van der Waals surface area contributed by atoms with Crippen LogP contribution in [0.2, 0.25) is 0 Å². The van der Waals surface area contributed by atoms with Crippen LogP contribution in [0, 0.1) is 0 Å². The van der Waals surface area contributed by atoms with Gasteiger partial charge in [-0.15, -0.1) is 0 Å². The van der Waals surface area contributed by atoms with Crippen molar-refractivity contribution in [1.82, 2.24) is 0 Å². The van der Waals surface area contributed by atoms with Crippen molar-refractivity contribution in [3.63, 3.8) is 0 Å². The number of carbonyl (C=O) groups is 5. The van der Waals surface area contributed by atoms with Crippen molar-refractivity contribution in [3.8, 4) is 0 Å². The van der Waals surface area contributed by atoms with Crippen LogP contribution in [0.15, 0.2) is 0 Å². The minimum atomic E-state index is -1.24. The Labute approximate surface area is 167 Å². The van der Waals surface area contributed by atoms with E-state index in [9.17, 15) is 24.0 Å². The van der Waals surface area contributed by atoms with Crippen molar-refractivity contribution in [2.24, 2.45) is 0 Å². The van der Waals surface area contributed by atoms with Crippen LogP contribution in [0.5, 0.6) is 0 Å². The molecule has 29 heavy (non-hydrogen) atoms. The number of carbonyl (C=O) groups excluding carboxylic acids is 5. The van der Waals surface area contributed by atoms with Crippen LogP contribution in [-0.4, -0.2) is 74.1 Å². The molecule has 1 heterocycles. The lowest BCUT2D eigenvalue weighted by atomic mass is 9.92. The summed E-state index contributed by atoms with van der Waals surface area (Å²) in [5.74, 6) is -3.26. The summed E-state index contributed by atoms with van der Waals surface area (Å²) in [4.78, 5) is 57.6. The van der Waals surface area contributed by atoms with E-state index in [1.54, 1.807) is 0 Å². The Hall–Kier alpha value is -2.69. The Morgan fingerprint density at radius 3 is 1.66 bits per heavy atom. The van der Waals surface area contributed by atoms with Gasteiger partial charge in [0.2, 0.25) is 0 Å². The highest BCUT2D eigenvalue weighted by molar-refractivity contribution is 5.70. The molecule has 1 aliphatic rings. The quantitative estimate of drug-likeness (QED) is 0.390. The van der Waals surface area contributed by atoms with Crippen LogP contribution in [0.25, 0.3) is 0 Å². The van der Waals surface area contributed by atoms with Gasteiger partial charge < -0.3 is 28.4 Å². The normalized spacial score (nSPS) is 26.0. The molecule has 11 nitrogen and oxygen atoms in total. The van der Waals surface area contributed by atoms with Gasteiger partial charge in [0.25, 0.3) is 0 Å². The first-order valence-corrected chi connectivity index (χ1v) is 8.92. The van der Waals surface area contributed by atoms with E-state index in [-0.39, 0.29) is 19.4 Å². The lowest BCUT2D eigenvalue weighted by molar-refractivity contribution is -0.253. The zero-order chi connectivity index (χ0) is 22.1. The first kappa shape index (κ1) is 24.3. The molecule has 0 bridgehead atoms. The maximum Gasteiger partial charge on any atom is 0.305 e. The van der Waals surface area contributed by atoms with Crippen LogP contribution in [-0.2, 0) is 52.4 Å². The Morgan fingerprint density at radius 1 is 0.724 bits per heavy atom. The van der Waals surface area contributed by atoms with Gasteiger partial charge in [-0.05, 0) is 6.42 Å². The predicted octanol–water partition coefficient (Wildman–Crippen LogP) is 0.0652. The number of hydrogen-bond acceptors (Lipinski definition) is 11. The second-order valence-corrected chi connectivity index (χ2v) is 6.35. The molecule has 0 unspecified atom stereocenters. The van der Waals surface area contributed by atoms with Gasteiger partial charge in [-0.3, -0.25) is 24.0 Å². The average molecular weight is 418 g/mol. The monoisotopic (exact) mass is 418 g/mol. The van der Waals surface area contributed by atoms with Gasteiger partial charge in [-0.2, -0.15) is 0 Å². The topological polar surface area (TPSA) is 141 Å². The van der Waals surface area contributed by atoms with Crippen molar-refractivity contribution >= 4 is 29.8 Å². The molecule has 0 aliphatic carbocycles. The van der Waals surface area contributed by atoms with Crippen LogP contribution in [0.1, 0.15) is 40.5 Å². The highest BCUT2D eigenvalue weighted by Crippen LogP contribution is 2.31. The summed E-state index contributed by atoms with van der Waals surface area (Å²) in [6.45, 7) is 4.29. The fourth-order valence-corrected chi connectivity index (χ4v) is 2.91. The van der Waals surface area contributed by atoms with Crippen molar-refractivity contribution in [2.45, 2.75) is 71.1 Å². The smallest absolute Gasteiger partial charge is 0.305 e. The molecule has 0 aromatic rings. The van der Waals surface area contributed by atoms with E-state index in [1.165, 1.54) is 14.0 Å². The lowest BCUT2D eigenvalue weighted by Gasteiger charge is -2.44. The molecule has 0 spiro atoms. The van der Waals surface area contributed by atoms with Crippen LogP contribution in [0.3, 0.4) is 0 Å². The highest BCUT2D eigenvalue weighted by atomic mass is 16.7. The highest BCUT2D eigenvalue weighted by Gasteiger charge is 2.51. The van der Waals surface area contributed by atoms with Crippen molar-refractivity contribution in [2.75, 3.05) is 13.7 Å². The zero-order valence-corrected chi connectivity index (χ0v) is 17.0. The van der Waals surface area contributed by atoms with Gasteiger partial charge in [0.05, 0.1) is 13.2 Å². The van der Waals surface area contributed by atoms with Gasteiger partial charge in [-0.25, -0.2) is 0 Å². The fourth-order valence-electron chi connectivity index (χ4n) is 2.91. The SMILES string of the molecule is COC(=O)CC[C@H]1O[C@H](COC(C)=O)[C@@H](OC(C)=O)[C@H](OC(C)=O)[C@H]1OC(C)=O. The molecule has 1 fully saturated rings. The molecule has 1 saturated heterocycles. The zero-order valence-electron chi connectivity index (χ0n) is 17.0. The molecular formula is C18H26O11. The molecule has 0 amide bonds. The minimum absolute atomic E-state index is 0.0474. The Morgan fingerprint density at radius 2 is 1.21 bits per heavy atom. The van der Waals surface area contributed by atoms with E-state index in [0.717, 1.165) is 20.8 Å². The molecule has 0 aromatic heterocycles. The predicted molar refractivity (Wildman–Crippen MR) is 93.2 cm³/mol. The van der Waals surface area contributed by atoms with Gasteiger partial charge in [0, 0.05) is 34.1 Å². The number of esters is 5. The number of ether oxygens (including phenoxy) is 6. The lowest BCUT2D eigenvalue weighted by Crippen LogP contribution is -2.62. The van der Waals surface area contributed by atoms with Gasteiger partial charge in [0.1, 0.15) is 12.7 Å². The van der Waals surface area contributed by atoms with Gasteiger partial charge >= 0.3 is 29.8 Å². The van der Waals surface area contributed by atoms with E-state index in [2.05, 4.69) is 4.74 Å². The Balaban J connectivity index is 3.26. The molecule has 0 N–H and O–H groups in total. The van der Waals surface area contributed by atoms with E-state index in [4.69, 9.17) is 23.7 Å². The Bertz CT molecular complexity index is 629. The van der Waals surface area contributed by atoms with Crippen molar-refractivity contribution in [3.05, 3.63) is 0 Å². The van der Waals surface area contributed by atoms with E-state index < -0.39 is 60.4 Å². The van der Waals surface area contributed by atoms with Crippen LogP contribution in [0.4, 0.5) is 0 Å². The van der Waals surface area contributed by atoms with Gasteiger partial charge in [0.15, 0.2) is 18.3 Å². The average Bonchev–Trinajstić information content (AvgIpc) is 2.60. The molecule has 0 aromatic carbocycles. The maximum atomic E-state index is 11.7. The minimum Gasteiger partial charge on any atom is -0.469 e. The summed E-state index contributed by atoms with van der Waals surface area (Å²) in [5, 5.41) is 0. The molecule has 1 rings (SSSR count). The third-order valence-corrected chi connectivity index (χ3v) is 3.95. The van der Waals surface area contributed by atoms with Crippen LogP contribution < -0.4 is 0 Å². The third kappa shape index (κ3) is 8.06. The van der Waals surface area contributed by atoms with Crippen LogP contribution >= 0.6 is 0 Å². The number of hydrogen-bond donors (Lipinski definition) is 0. The standard InChI is InChI=1S/C18H26O11/c1-9(19)25-8-14-17(27-11(3)21)18(28-12(4)22)16(26-10(2)20)13(29-14)6-7-15(23)24-5/h13-14,16-18H,6-8H2,1-5H3/t13-,14-,16+,17-,18-/m1/s1. The van der Waals surface area contributed by atoms with E-state index in [1.807, 2.05) is 0 Å². The second kappa shape index (κ2) is 11.3. The summed E-state index contributed by atoms with van der Waals surface area (Å²) >= 11 is 0. The summed E-state index contributed by atoms with van der Waals surface area (Å²) in [6.07, 6.45) is -5.60. The maximum absolute atomic E-state index is 11.7. The van der Waals surface area contributed by atoms with Crippen molar-refractivity contribution < 1.29 is 52.4 Å². The second-order valence-electron chi connectivity index (χ2n) is 6.35. The molecule has 164 valence electrons. The first-order valence-electron chi connectivity index (χ1n) is 8.92. The summed E-state index contributed by atoms with van der Waals surface area (Å²) < 4.78 is 31.2. The summed E-state index contributed by atoms with van der Waals surface area (Å²) in [7, 11) is 1.22. The number of methoxy groups -OCH3 is 1. The third-order valence-electron chi connectivity index (χ3n) is 3.95. The molecular weight excluding hydrogens is 392 g/mol. The molecule has 0 saturated carbocycles. The van der Waals surface area contributed by atoms with Crippen molar-refractivity contribution in [1.29, 1.82) is 0 Å². The van der Waals surface area contributed by atoms with E-state index >= 15 is 0 Å². The summed E-state index contributed by atoms with van der Waals surface area (Å²) in [6, 6.07) is 0.